The predicted octanol–water partition coefficient (Wildman–Crippen LogP) is 2.49. The van der Waals surface area contributed by atoms with Crippen molar-refractivity contribution in [2.45, 2.75) is 13.1 Å². The van der Waals surface area contributed by atoms with Crippen LogP contribution in [-0.4, -0.2) is 5.91 Å². The van der Waals surface area contributed by atoms with Gasteiger partial charge in [-0.05, 0) is 23.3 Å². The second kappa shape index (κ2) is 6.41. The largest absolute Gasteiger partial charge is 0.348 e. The van der Waals surface area contributed by atoms with Crippen LogP contribution in [0.1, 0.15) is 21.5 Å². The Morgan fingerprint density at radius 1 is 1.00 bits per heavy atom. The second-order valence-corrected chi connectivity index (χ2v) is 4.38. The van der Waals surface area contributed by atoms with Crippen molar-refractivity contribution in [2.75, 3.05) is 0 Å². The predicted molar refractivity (Wildman–Crippen MR) is 71.8 cm³/mol. The Balaban J connectivity index is 2.14. The first-order chi connectivity index (χ1) is 10.0. The Kier molecular flexibility index (Phi) is 4.59. The molecule has 0 fully saturated rings. The fraction of sp³-hybridized carbons (Fsp3) is 0.133. The zero-order valence-corrected chi connectivity index (χ0v) is 11.0. The van der Waals surface area contributed by atoms with Crippen molar-refractivity contribution in [3.8, 4) is 0 Å². The maximum atomic E-state index is 13.5. The molecule has 0 saturated heterocycles. The number of halogens is 3. The molecule has 0 aromatic heterocycles. The summed E-state index contributed by atoms with van der Waals surface area (Å²) in [4.78, 5) is 11.8. The summed E-state index contributed by atoms with van der Waals surface area (Å²) < 4.78 is 39.4. The SMILES string of the molecule is NCc1ccccc1CNC(=O)c1ccc(F)c(F)c1F. The van der Waals surface area contributed by atoms with Crippen molar-refractivity contribution in [3.63, 3.8) is 0 Å². The van der Waals surface area contributed by atoms with Gasteiger partial charge in [-0.15, -0.1) is 0 Å². The molecule has 0 heterocycles. The van der Waals surface area contributed by atoms with Crippen molar-refractivity contribution in [2.24, 2.45) is 5.73 Å². The van der Waals surface area contributed by atoms with Crippen molar-refractivity contribution in [1.82, 2.24) is 5.32 Å². The number of hydrogen-bond donors (Lipinski definition) is 2. The summed E-state index contributed by atoms with van der Waals surface area (Å²) in [6.45, 7) is 0.413. The van der Waals surface area contributed by atoms with E-state index in [1.807, 2.05) is 6.07 Å². The topological polar surface area (TPSA) is 55.1 Å². The van der Waals surface area contributed by atoms with Gasteiger partial charge in [0.25, 0.3) is 5.91 Å². The molecule has 6 heteroatoms. The van der Waals surface area contributed by atoms with Gasteiger partial charge in [0.15, 0.2) is 17.5 Å². The van der Waals surface area contributed by atoms with Crippen molar-refractivity contribution < 1.29 is 18.0 Å². The van der Waals surface area contributed by atoms with Crippen molar-refractivity contribution >= 4 is 5.91 Å². The maximum absolute atomic E-state index is 13.5. The molecular weight excluding hydrogens is 281 g/mol. The van der Waals surface area contributed by atoms with Gasteiger partial charge in [-0.1, -0.05) is 24.3 Å². The number of hydrogen-bond acceptors (Lipinski definition) is 2. The molecule has 2 aromatic carbocycles. The molecule has 0 spiro atoms. The van der Waals surface area contributed by atoms with E-state index in [4.69, 9.17) is 5.73 Å². The fourth-order valence-corrected chi connectivity index (χ4v) is 1.90. The van der Waals surface area contributed by atoms with E-state index in [2.05, 4.69) is 5.32 Å². The minimum atomic E-state index is -1.66. The molecule has 2 rings (SSSR count). The van der Waals surface area contributed by atoms with Crippen LogP contribution in [0.15, 0.2) is 36.4 Å². The molecule has 0 saturated carbocycles. The Bertz CT molecular complexity index is 674. The maximum Gasteiger partial charge on any atom is 0.254 e. The van der Waals surface area contributed by atoms with Crippen molar-refractivity contribution in [1.29, 1.82) is 0 Å². The molecule has 110 valence electrons. The quantitative estimate of drug-likeness (QED) is 0.851. The number of benzene rings is 2. The number of carbonyl (C=O) groups is 1. The third kappa shape index (κ3) is 3.22. The number of carbonyl (C=O) groups excluding carboxylic acids is 1. The van der Waals surface area contributed by atoms with E-state index >= 15 is 0 Å². The van der Waals surface area contributed by atoms with Gasteiger partial charge < -0.3 is 11.1 Å². The van der Waals surface area contributed by atoms with E-state index in [1.54, 1.807) is 18.2 Å². The highest BCUT2D eigenvalue weighted by atomic mass is 19.2. The number of nitrogens with one attached hydrogen (secondary N) is 1. The molecule has 1 amide bonds. The second-order valence-electron chi connectivity index (χ2n) is 4.38. The Morgan fingerprint density at radius 3 is 2.33 bits per heavy atom. The van der Waals surface area contributed by atoms with E-state index in [0.29, 0.717) is 12.6 Å². The van der Waals surface area contributed by atoms with Gasteiger partial charge in [-0.3, -0.25) is 4.79 Å². The lowest BCUT2D eigenvalue weighted by Crippen LogP contribution is -2.25. The number of amides is 1. The molecule has 3 nitrogen and oxygen atoms in total. The molecule has 0 aliphatic heterocycles. The zero-order chi connectivity index (χ0) is 15.4. The molecule has 3 N–H and O–H groups in total. The van der Waals surface area contributed by atoms with E-state index in [9.17, 15) is 18.0 Å². The monoisotopic (exact) mass is 294 g/mol. The lowest BCUT2D eigenvalue weighted by molar-refractivity contribution is 0.0945. The summed E-state index contributed by atoms with van der Waals surface area (Å²) in [6, 6.07) is 8.77. The Labute approximate surface area is 119 Å². The van der Waals surface area contributed by atoms with Crippen LogP contribution in [0.4, 0.5) is 13.2 Å². The number of rotatable bonds is 4. The van der Waals surface area contributed by atoms with Crippen molar-refractivity contribution in [3.05, 3.63) is 70.5 Å². The summed E-state index contributed by atoms with van der Waals surface area (Å²) in [5.74, 6) is -5.32. The van der Waals surface area contributed by atoms with Gasteiger partial charge in [0, 0.05) is 13.1 Å². The van der Waals surface area contributed by atoms with Crippen LogP contribution in [0.3, 0.4) is 0 Å². The highest BCUT2D eigenvalue weighted by Crippen LogP contribution is 2.15. The summed E-state index contributed by atoms with van der Waals surface area (Å²) in [5.41, 5.74) is 6.63. The molecule has 21 heavy (non-hydrogen) atoms. The molecule has 0 bridgehead atoms. The van der Waals surface area contributed by atoms with E-state index < -0.39 is 28.9 Å². The van der Waals surface area contributed by atoms with Crippen LogP contribution in [-0.2, 0) is 13.1 Å². The fourth-order valence-electron chi connectivity index (χ4n) is 1.90. The van der Waals surface area contributed by atoms with E-state index in [1.165, 1.54) is 0 Å². The van der Waals surface area contributed by atoms with Crippen LogP contribution in [0.5, 0.6) is 0 Å². The van der Waals surface area contributed by atoms with Gasteiger partial charge in [-0.2, -0.15) is 0 Å². The highest BCUT2D eigenvalue weighted by Gasteiger charge is 2.18. The molecule has 0 unspecified atom stereocenters. The Hall–Kier alpha value is -2.34. The lowest BCUT2D eigenvalue weighted by atomic mass is 10.1. The minimum Gasteiger partial charge on any atom is -0.348 e. The average molecular weight is 294 g/mol. The third-order valence-corrected chi connectivity index (χ3v) is 3.06. The van der Waals surface area contributed by atoms with Crippen LogP contribution in [0.25, 0.3) is 0 Å². The zero-order valence-electron chi connectivity index (χ0n) is 11.0. The highest BCUT2D eigenvalue weighted by molar-refractivity contribution is 5.94. The molecule has 0 atom stereocenters. The minimum absolute atomic E-state index is 0.116. The summed E-state index contributed by atoms with van der Waals surface area (Å²) in [7, 11) is 0. The van der Waals surface area contributed by atoms with E-state index in [0.717, 1.165) is 17.2 Å². The smallest absolute Gasteiger partial charge is 0.254 e. The first-order valence-corrected chi connectivity index (χ1v) is 6.23. The molecule has 0 radical (unpaired) electrons. The normalized spacial score (nSPS) is 10.5. The third-order valence-electron chi connectivity index (χ3n) is 3.06. The van der Waals surface area contributed by atoms with Crippen LogP contribution >= 0.6 is 0 Å². The van der Waals surface area contributed by atoms with Gasteiger partial charge >= 0.3 is 0 Å². The molecular formula is C15H13F3N2O. The first-order valence-electron chi connectivity index (χ1n) is 6.23. The van der Waals surface area contributed by atoms with E-state index in [-0.39, 0.29) is 6.54 Å². The van der Waals surface area contributed by atoms with Gasteiger partial charge in [0.2, 0.25) is 0 Å². The lowest BCUT2D eigenvalue weighted by Gasteiger charge is -2.10. The molecule has 0 aliphatic rings. The van der Waals surface area contributed by atoms with Crippen LogP contribution < -0.4 is 11.1 Å². The molecule has 2 aromatic rings. The summed E-state index contributed by atoms with van der Waals surface area (Å²) in [5, 5.41) is 2.45. The van der Waals surface area contributed by atoms with Crippen LogP contribution in [0, 0.1) is 17.5 Å². The number of nitrogens with two attached hydrogens (primary N) is 1. The molecule has 0 aliphatic carbocycles. The van der Waals surface area contributed by atoms with Crippen LogP contribution in [0.2, 0.25) is 0 Å². The summed E-state index contributed by atoms with van der Waals surface area (Å²) in [6.07, 6.45) is 0. The summed E-state index contributed by atoms with van der Waals surface area (Å²) >= 11 is 0. The Morgan fingerprint density at radius 2 is 1.67 bits per heavy atom. The van der Waals surface area contributed by atoms with Gasteiger partial charge in [0.05, 0.1) is 5.56 Å². The average Bonchev–Trinajstić information content (AvgIpc) is 2.50. The standard InChI is InChI=1S/C15H13F3N2O/c16-12-6-5-11(13(17)14(12)18)15(21)20-8-10-4-2-1-3-9(10)7-19/h1-6H,7-8,19H2,(H,20,21). The van der Waals surface area contributed by atoms with Gasteiger partial charge in [0.1, 0.15) is 0 Å². The first kappa shape index (κ1) is 15.1. The van der Waals surface area contributed by atoms with Gasteiger partial charge in [-0.25, -0.2) is 13.2 Å².